The zero-order chi connectivity index (χ0) is 20.2. The summed E-state index contributed by atoms with van der Waals surface area (Å²) in [6.07, 6.45) is 3.98. The van der Waals surface area contributed by atoms with Gasteiger partial charge < -0.3 is 21.1 Å². The van der Waals surface area contributed by atoms with E-state index in [9.17, 15) is 9.18 Å². The topological polar surface area (TPSA) is 102 Å². The van der Waals surface area contributed by atoms with Gasteiger partial charge in [-0.25, -0.2) is 9.37 Å². The van der Waals surface area contributed by atoms with Crippen molar-refractivity contribution in [3.05, 3.63) is 66.4 Å². The Morgan fingerprint density at radius 2 is 2.10 bits per heavy atom. The number of carbonyl (C=O) groups excluding carboxylic acids is 1. The SMILES string of the molecule is Nc1cc(F)c(-c2ccccc2)nc1C(=O)Nc1cnccc1OC1CCNC1. The van der Waals surface area contributed by atoms with Gasteiger partial charge in [0, 0.05) is 30.4 Å². The van der Waals surface area contributed by atoms with Gasteiger partial charge in [-0.1, -0.05) is 30.3 Å². The molecule has 1 aromatic carbocycles. The van der Waals surface area contributed by atoms with Crippen molar-refractivity contribution in [3.63, 3.8) is 0 Å². The van der Waals surface area contributed by atoms with E-state index in [0.717, 1.165) is 25.6 Å². The molecule has 0 bridgehead atoms. The molecule has 1 aliphatic rings. The Morgan fingerprint density at radius 1 is 1.28 bits per heavy atom. The van der Waals surface area contributed by atoms with Crippen molar-refractivity contribution in [1.82, 2.24) is 15.3 Å². The molecule has 2 aromatic heterocycles. The fourth-order valence-corrected chi connectivity index (χ4v) is 3.15. The second-order valence-electron chi connectivity index (χ2n) is 6.68. The van der Waals surface area contributed by atoms with Gasteiger partial charge in [0.25, 0.3) is 5.91 Å². The highest BCUT2D eigenvalue weighted by molar-refractivity contribution is 6.07. The number of nitrogen functional groups attached to an aromatic ring is 1. The van der Waals surface area contributed by atoms with Crippen LogP contribution in [-0.4, -0.2) is 35.1 Å². The standard InChI is InChI=1S/C21H20FN5O2/c22-15-10-16(23)20(27-19(15)13-4-2-1-3-5-13)21(28)26-17-12-25-9-7-18(17)29-14-6-8-24-11-14/h1-5,7,9-10,12,14,24H,6,8,11,23H2,(H,26,28). The molecule has 0 radical (unpaired) electrons. The van der Waals surface area contributed by atoms with E-state index in [1.165, 1.54) is 6.20 Å². The van der Waals surface area contributed by atoms with Crippen LogP contribution in [-0.2, 0) is 0 Å². The van der Waals surface area contributed by atoms with E-state index in [0.29, 0.717) is 17.0 Å². The highest BCUT2D eigenvalue weighted by Crippen LogP contribution is 2.28. The minimum Gasteiger partial charge on any atom is -0.487 e. The molecule has 0 saturated carbocycles. The van der Waals surface area contributed by atoms with Crippen LogP contribution in [0.1, 0.15) is 16.9 Å². The number of pyridine rings is 2. The van der Waals surface area contributed by atoms with Gasteiger partial charge in [-0.2, -0.15) is 0 Å². The number of hydrogen-bond acceptors (Lipinski definition) is 6. The van der Waals surface area contributed by atoms with Crippen LogP contribution < -0.4 is 21.1 Å². The molecule has 1 amide bonds. The molecule has 4 rings (SSSR count). The number of nitrogens with two attached hydrogens (primary N) is 1. The number of rotatable bonds is 5. The third-order valence-electron chi connectivity index (χ3n) is 4.61. The molecule has 1 aliphatic heterocycles. The number of amides is 1. The zero-order valence-corrected chi connectivity index (χ0v) is 15.6. The lowest BCUT2D eigenvalue weighted by molar-refractivity contribution is 0.102. The van der Waals surface area contributed by atoms with Gasteiger partial charge in [-0.3, -0.25) is 9.78 Å². The van der Waals surface area contributed by atoms with E-state index in [4.69, 9.17) is 10.5 Å². The number of nitrogens with zero attached hydrogens (tertiary/aromatic N) is 2. The molecular weight excluding hydrogens is 373 g/mol. The molecule has 4 N–H and O–H groups in total. The molecule has 1 fully saturated rings. The zero-order valence-electron chi connectivity index (χ0n) is 15.6. The quantitative estimate of drug-likeness (QED) is 0.616. The molecule has 3 aromatic rings. The van der Waals surface area contributed by atoms with E-state index >= 15 is 0 Å². The maximum absolute atomic E-state index is 14.4. The summed E-state index contributed by atoms with van der Waals surface area (Å²) in [5.74, 6) is -0.655. The lowest BCUT2D eigenvalue weighted by atomic mass is 10.1. The Balaban J connectivity index is 1.61. The minimum atomic E-state index is -0.593. The molecule has 0 aliphatic carbocycles. The molecule has 0 spiro atoms. The second-order valence-corrected chi connectivity index (χ2v) is 6.68. The Hall–Kier alpha value is -3.52. The first kappa shape index (κ1) is 18.8. The fraction of sp³-hybridized carbons (Fsp3) is 0.190. The summed E-state index contributed by atoms with van der Waals surface area (Å²) in [5.41, 5.74) is 6.77. The first-order chi connectivity index (χ1) is 14.1. The molecule has 29 heavy (non-hydrogen) atoms. The van der Waals surface area contributed by atoms with Gasteiger partial charge in [0.2, 0.25) is 0 Å². The number of halogens is 1. The van der Waals surface area contributed by atoms with Crippen LogP contribution in [0.15, 0.2) is 54.9 Å². The summed E-state index contributed by atoms with van der Waals surface area (Å²) < 4.78 is 20.3. The number of hydrogen-bond donors (Lipinski definition) is 3. The Kier molecular flexibility index (Phi) is 5.35. The fourth-order valence-electron chi connectivity index (χ4n) is 3.15. The minimum absolute atomic E-state index is 0.0201. The van der Waals surface area contributed by atoms with Crippen LogP contribution in [0.5, 0.6) is 5.75 Å². The predicted octanol–water partition coefficient (Wildman–Crippen LogP) is 2.86. The van der Waals surface area contributed by atoms with E-state index in [-0.39, 0.29) is 23.2 Å². The molecule has 8 heteroatoms. The predicted molar refractivity (Wildman–Crippen MR) is 108 cm³/mol. The average Bonchev–Trinajstić information content (AvgIpc) is 3.23. The number of carbonyl (C=O) groups is 1. The summed E-state index contributed by atoms with van der Waals surface area (Å²) in [7, 11) is 0. The van der Waals surface area contributed by atoms with Gasteiger partial charge >= 0.3 is 0 Å². The largest absolute Gasteiger partial charge is 0.487 e. The summed E-state index contributed by atoms with van der Waals surface area (Å²) >= 11 is 0. The molecule has 3 heterocycles. The Bertz CT molecular complexity index is 1020. The normalized spacial score (nSPS) is 15.8. The second kappa shape index (κ2) is 8.24. The van der Waals surface area contributed by atoms with Crippen LogP contribution in [0.25, 0.3) is 11.3 Å². The molecule has 1 atom stereocenters. The number of benzene rings is 1. The van der Waals surface area contributed by atoms with Gasteiger partial charge in [0.05, 0.1) is 11.9 Å². The lowest BCUT2D eigenvalue weighted by Crippen LogP contribution is -2.21. The van der Waals surface area contributed by atoms with E-state index in [1.54, 1.807) is 36.5 Å². The first-order valence-corrected chi connectivity index (χ1v) is 9.26. The van der Waals surface area contributed by atoms with Crippen molar-refractivity contribution in [2.45, 2.75) is 12.5 Å². The average molecular weight is 393 g/mol. The van der Waals surface area contributed by atoms with E-state index in [2.05, 4.69) is 20.6 Å². The number of anilines is 2. The van der Waals surface area contributed by atoms with Crippen LogP contribution in [0.3, 0.4) is 0 Å². The summed E-state index contributed by atoms with van der Waals surface area (Å²) in [6, 6.07) is 11.6. The highest BCUT2D eigenvalue weighted by Gasteiger charge is 2.21. The molecule has 1 unspecified atom stereocenters. The molecular formula is C21H20FN5O2. The van der Waals surface area contributed by atoms with Crippen LogP contribution in [0.4, 0.5) is 15.8 Å². The summed E-state index contributed by atoms with van der Waals surface area (Å²) in [5, 5.41) is 5.95. The van der Waals surface area contributed by atoms with Gasteiger partial charge in [-0.15, -0.1) is 0 Å². The summed E-state index contributed by atoms with van der Waals surface area (Å²) in [6.45, 7) is 1.62. The smallest absolute Gasteiger partial charge is 0.276 e. The van der Waals surface area contributed by atoms with Gasteiger partial charge in [0.15, 0.2) is 11.5 Å². The first-order valence-electron chi connectivity index (χ1n) is 9.26. The number of aromatic nitrogens is 2. The van der Waals surface area contributed by atoms with Crippen molar-refractivity contribution < 1.29 is 13.9 Å². The van der Waals surface area contributed by atoms with Crippen molar-refractivity contribution in [2.75, 3.05) is 24.1 Å². The highest BCUT2D eigenvalue weighted by atomic mass is 19.1. The van der Waals surface area contributed by atoms with Crippen LogP contribution >= 0.6 is 0 Å². The maximum atomic E-state index is 14.4. The van der Waals surface area contributed by atoms with Crippen LogP contribution in [0, 0.1) is 5.82 Å². The van der Waals surface area contributed by atoms with Crippen LogP contribution in [0.2, 0.25) is 0 Å². The van der Waals surface area contributed by atoms with Crippen molar-refractivity contribution in [3.8, 4) is 17.0 Å². The third-order valence-corrected chi connectivity index (χ3v) is 4.61. The van der Waals surface area contributed by atoms with E-state index in [1.807, 2.05) is 6.07 Å². The molecule has 1 saturated heterocycles. The van der Waals surface area contributed by atoms with Gasteiger partial charge in [0.1, 0.15) is 23.2 Å². The van der Waals surface area contributed by atoms with Crippen molar-refractivity contribution in [2.24, 2.45) is 0 Å². The van der Waals surface area contributed by atoms with Crippen molar-refractivity contribution >= 4 is 17.3 Å². The van der Waals surface area contributed by atoms with Gasteiger partial charge in [-0.05, 0) is 13.0 Å². The maximum Gasteiger partial charge on any atom is 0.276 e. The van der Waals surface area contributed by atoms with E-state index < -0.39 is 11.7 Å². The summed E-state index contributed by atoms with van der Waals surface area (Å²) in [4.78, 5) is 21.1. The van der Waals surface area contributed by atoms with Crippen molar-refractivity contribution in [1.29, 1.82) is 0 Å². The monoisotopic (exact) mass is 393 g/mol. The molecule has 148 valence electrons. The lowest BCUT2D eigenvalue weighted by Gasteiger charge is -2.16. The molecule has 7 nitrogen and oxygen atoms in total. The Morgan fingerprint density at radius 3 is 2.86 bits per heavy atom. The number of nitrogens with one attached hydrogen (secondary N) is 2. The third kappa shape index (κ3) is 4.17. The number of ether oxygens (including phenoxy) is 1. The Labute approximate surface area is 167 Å².